The molecular formula is C16H27NO2. The van der Waals surface area contributed by atoms with Crippen molar-refractivity contribution in [2.75, 3.05) is 0 Å². The number of hydrogen-bond donors (Lipinski definition) is 1. The molecule has 2 atom stereocenters. The minimum absolute atomic E-state index is 0.00199. The molecule has 2 amide bonds. The molecule has 1 aliphatic heterocycles. The smallest absolute Gasteiger partial charge is 0.230 e. The first kappa shape index (κ1) is 14.5. The predicted molar refractivity (Wildman–Crippen MR) is 75.5 cm³/mol. The summed E-state index contributed by atoms with van der Waals surface area (Å²) in [6, 6.07) is 0. The monoisotopic (exact) mass is 265 g/mol. The number of carbonyl (C=O) groups is 2. The quantitative estimate of drug-likeness (QED) is 0.611. The molecule has 108 valence electrons. The van der Waals surface area contributed by atoms with Crippen molar-refractivity contribution in [3.63, 3.8) is 0 Å². The Morgan fingerprint density at radius 2 is 1.89 bits per heavy atom. The van der Waals surface area contributed by atoms with Gasteiger partial charge in [0.25, 0.3) is 0 Å². The Hall–Kier alpha value is -0.860. The molecule has 1 aliphatic carbocycles. The maximum Gasteiger partial charge on any atom is 0.230 e. The predicted octanol–water partition coefficient (Wildman–Crippen LogP) is 3.43. The van der Waals surface area contributed by atoms with Crippen LogP contribution in [-0.2, 0) is 9.59 Å². The molecule has 0 bridgehead atoms. The fourth-order valence-electron chi connectivity index (χ4n) is 4.15. The average Bonchev–Trinajstić information content (AvgIpc) is 2.81. The number of hydrogen-bond acceptors (Lipinski definition) is 2. The molecule has 0 aromatic rings. The summed E-state index contributed by atoms with van der Waals surface area (Å²) in [5, 5.41) is 2.57. The summed E-state index contributed by atoms with van der Waals surface area (Å²) in [5.41, 5.74) is -0.108. The van der Waals surface area contributed by atoms with Crippen LogP contribution in [0.5, 0.6) is 0 Å². The molecule has 1 heterocycles. The standard InChI is InChI=1S/C16H27NO2/c1-3-4-7-10-16(2)11-13(18)17-15(19)14(16)12-8-5-6-9-12/h12,14H,3-11H2,1-2H3,(H,17,18,19). The second-order valence-electron chi connectivity index (χ2n) is 6.72. The van der Waals surface area contributed by atoms with Crippen molar-refractivity contribution in [3.05, 3.63) is 0 Å². The van der Waals surface area contributed by atoms with Crippen LogP contribution in [0.1, 0.15) is 71.6 Å². The van der Waals surface area contributed by atoms with Gasteiger partial charge in [-0.15, -0.1) is 0 Å². The van der Waals surface area contributed by atoms with E-state index in [0.29, 0.717) is 12.3 Å². The summed E-state index contributed by atoms with van der Waals surface area (Å²) in [6.45, 7) is 4.36. The van der Waals surface area contributed by atoms with E-state index in [0.717, 1.165) is 25.7 Å². The highest BCUT2D eigenvalue weighted by molar-refractivity contribution is 5.99. The third-order valence-electron chi connectivity index (χ3n) is 5.08. The normalized spacial score (nSPS) is 32.6. The summed E-state index contributed by atoms with van der Waals surface area (Å²) < 4.78 is 0. The number of amides is 2. The molecule has 0 aromatic carbocycles. The van der Waals surface area contributed by atoms with Gasteiger partial charge in [0.1, 0.15) is 0 Å². The van der Waals surface area contributed by atoms with Gasteiger partial charge >= 0.3 is 0 Å². The Morgan fingerprint density at radius 1 is 1.21 bits per heavy atom. The summed E-state index contributed by atoms with van der Waals surface area (Å²) in [7, 11) is 0. The Bertz CT molecular complexity index is 347. The van der Waals surface area contributed by atoms with E-state index in [4.69, 9.17) is 0 Å². The molecule has 2 rings (SSSR count). The first-order chi connectivity index (χ1) is 9.07. The van der Waals surface area contributed by atoms with Crippen LogP contribution in [-0.4, -0.2) is 11.8 Å². The van der Waals surface area contributed by atoms with Gasteiger partial charge in [0.05, 0.1) is 0 Å². The third kappa shape index (κ3) is 3.18. The highest BCUT2D eigenvalue weighted by Gasteiger charge is 2.48. The minimum atomic E-state index is -0.108. The van der Waals surface area contributed by atoms with E-state index in [9.17, 15) is 9.59 Å². The van der Waals surface area contributed by atoms with Crippen molar-refractivity contribution in [2.24, 2.45) is 17.3 Å². The van der Waals surface area contributed by atoms with E-state index in [1.54, 1.807) is 0 Å². The molecular weight excluding hydrogens is 238 g/mol. The summed E-state index contributed by atoms with van der Waals surface area (Å²) in [5.74, 6) is 0.490. The first-order valence-corrected chi connectivity index (χ1v) is 7.90. The second-order valence-corrected chi connectivity index (χ2v) is 6.72. The summed E-state index contributed by atoms with van der Waals surface area (Å²) in [4.78, 5) is 24.1. The van der Waals surface area contributed by atoms with Crippen molar-refractivity contribution in [2.45, 2.75) is 71.6 Å². The zero-order valence-corrected chi connectivity index (χ0v) is 12.3. The van der Waals surface area contributed by atoms with E-state index in [1.807, 2.05) is 0 Å². The lowest BCUT2D eigenvalue weighted by Crippen LogP contribution is -2.53. The molecule has 3 nitrogen and oxygen atoms in total. The summed E-state index contributed by atoms with van der Waals surface area (Å²) >= 11 is 0. The highest BCUT2D eigenvalue weighted by atomic mass is 16.2. The minimum Gasteiger partial charge on any atom is -0.296 e. The Morgan fingerprint density at radius 3 is 2.53 bits per heavy atom. The number of imide groups is 1. The van der Waals surface area contributed by atoms with Gasteiger partial charge in [0.2, 0.25) is 11.8 Å². The van der Waals surface area contributed by atoms with Gasteiger partial charge in [0, 0.05) is 12.3 Å². The second kappa shape index (κ2) is 6.06. The fraction of sp³-hybridized carbons (Fsp3) is 0.875. The van der Waals surface area contributed by atoms with Gasteiger partial charge in [-0.3, -0.25) is 14.9 Å². The van der Waals surface area contributed by atoms with Crippen LogP contribution in [0.2, 0.25) is 0 Å². The van der Waals surface area contributed by atoms with E-state index < -0.39 is 0 Å². The Kier molecular flexibility index (Phi) is 4.64. The first-order valence-electron chi connectivity index (χ1n) is 7.90. The molecule has 0 spiro atoms. The van der Waals surface area contributed by atoms with Gasteiger partial charge in [-0.05, 0) is 30.6 Å². The van der Waals surface area contributed by atoms with Crippen LogP contribution in [0, 0.1) is 17.3 Å². The lowest BCUT2D eigenvalue weighted by molar-refractivity contribution is -0.146. The molecule has 1 saturated heterocycles. The number of piperidine rings is 1. The largest absolute Gasteiger partial charge is 0.296 e. The number of unbranched alkanes of at least 4 members (excludes halogenated alkanes) is 2. The maximum atomic E-state index is 12.3. The van der Waals surface area contributed by atoms with Crippen molar-refractivity contribution < 1.29 is 9.59 Å². The summed E-state index contributed by atoms with van der Waals surface area (Å²) in [6.07, 6.45) is 9.88. The molecule has 0 aromatic heterocycles. The molecule has 2 fully saturated rings. The molecule has 2 unspecified atom stereocenters. The maximum absolute atomic E-state index is 12.3. The number of carbonyl (C=O) groups excluding carboxylic acids is 2. The van der Waals surface area contributed by atoms with Crippen LogP contribution in [0.15, 0.2) is 0 Å². The average molecular weight is 265 g/mol. The molecule has 1 N–H and O–H groups in total. The number of rotatable bonds is 5. The Balaban J connectivity index is 2.13. The van der Waals surface area contributed by atoms with Crippen molar-refractivity contribution in [1.82, 2.24) is 5.32 Å². The molecule has 1 saturated carbocycles. The van der Waals surface area contributed by atoms with E-state index >= 15 is 0 Å². The topological polar surface area (TPSA) is 46.2 Å². The van der Waals surface area contributed by atoms with Crippen molar-refractivity contribution in [3.8, 4) is 0 Å². The van der Waals surface area contributed by atoms with E-state index in [-0.39, 0.29) is 23.1 Å². The van der Waals surface area contributed by atoms with E-state index in [1.165, 1.54) is 25.7 Å². The molecule has 19 heavy (non-hydrogen) atoms. The van der Waals surface area contributed by atoms with Crippen LogP contribution in [0.4, 0.5) is 0 Å². The van der Waals surface area contributed by atoms with Gasteiger partial charge in [-0.1, -0.05) is 46.0 Å². The van der Waals surface area contributed by atoms with Crippen LogP contribution in [0.3, 0.4) is 0 Å². The van der Waals surface area contributed by atoms with Crippen LogP contribution in [0.25, 0.3) is 0 Å². The van der Waals surface area contributed by atoms with Gasteiger partial charge < -0.3 is 0 Å². The van der Waals surface area contributed by atoms with Gasteiger partial charge in [0.15, 0.2) is 0 Å². The third-order valence-corrected chi connectivity index (χ3v) is 5.08. The van der Waals surface area contributed by atoms with Crippen LogP contribution < -0.4 is 5.32 Å². The zero-order valence-electron chi connectivity index (χ0n) is 12.3. The lowest BCUT2D eigenvalue weighted by Gasteiger charge is -2.43. The van der Waals surface area contributed by atoms with Gasteiger partial charge in [-0.25, -0.2) is 0 Å². The zero-order chi connectivity index (χ0) is 13.9. The lowest BCUT2D eigenvalue weighted by atomic mass is 9.63. The van der Waals surface area contributed by atoms with E-state index in [2.05, 4.69) is 19.2 Å². The molecule has 0 radical (unpaired) electrons. The highest BCUT2D eigenvalue weighted by Crippen LogP contribution is 2.47. The van der Waals surface area contributed by atoms with Crippen molar-refractivity contribution >= 4 is 11.8 Å². The fourth-order valence-corrected chi connectivity index (χ4v) is 4.15. The van der Waals surface area contributed by atoms with Crippen molar-refractivity contribution in [1.29, 1.82) is 0 Å². The molecule has 2 aliphatic rings. The van der Waals surface area contributed by atoms with Crippen LogP contribution >= 0.6 is 0 Å². The SMILES string of the molecule is CCCCCC1(C)CC(=O)NC(=O)C1C1CCCC1. The van der Waals surface area contributed by atoms with Gasteiger partial charge in [-0.2, -0.15) is 0 Å². The molecule has 3 heteroatoms. The number of nitrogens with one attached hydrogen (secondary N) is 1. The Labute approximate surface area is 116 Å².